The van der Waals surface area contributed by atoms with Crippen molar-refractivity contribution in [3.63, 3.8) is 0 Å². The van der Waals surface area contributed by atoms with Gasteiger partial charge in [-0.1, -0.05) is 12.1 Å². The number of carbonyl (C=O) groups excluding carboxylic acids is 1. The maximum atomic E-state index is 13.2. The molecule has 9 heteroatoms. The summed E-state index contributed by atoms with van der Waals surface area (Å²) in [7, 11) is 1.64. The Morgan fingerprint density at radius 1 is 1.11 bits per heavy atom. The van der Waals surface area contributed by atoms with E-state index in [9.17, 15) is 9.18 Å². The molecule has 1 saturated heterocycles. The SMILES string of the molecule is COc1ccc(-n2nc3c(N4CCC[C@@H](C(=O)NCc5ccc(F)cc5)C4)nnc(C)c3c2C)cc1. The van der Waals surface area contributed by atoms with Gasteiger partial charge >= 0.3 is 0 Å². The van der Waals surface area contributed by atoms with Crippen molar-refractivity contribution in [2.45, 2.75) is 33.2 Å². The molecule has 4 aromatic rings. The quantitative estimate of drug-likeness (QED) is 0.440. The number of aromatic nitrogens is 4. The third-order valence-electron chi connectivity index (χ3n) is 6.77. The lowest BCUT2D eigenvalue weighted by Gasteiger charge is -2.32. The van der Waals surface area contributed by atoms with Crippen molar-refractivity contribution in [3.8, 4) is 11.4 Å². The summed E-state index contributed by atoms with van der Waals surface area (Å²) in [6.07, 6.45) is 1.66. The van der Waals surface area contributed by atoms with Crippen LogP contribution >= 0.6 is 0 Å². The van der Waals surface area contributed by atoms with Gasteiger partial charge in [-0.25, -0.2) is 9.07 Å². The van der Waals surface area contributed by atoms with Crippen LogP contribution < -0.4 is 15.0 Å². The van der Waals surface area contributed by atoms with Crippen LogP contribution in [0.1, 0.15) is 29.8 Å². The minimum absolute atomic E-state index is 0.0136. The summed E-state index contributed by atoms with van der Waals surface area (Å²) < 4.78 is 20.3. The fourth-order valence-corrected chi connectivity index (χ4v) is 4.82. The Hall–Kier alpha value is -4.01. The lowest BCUT2D eigenvalue weighted by molar-refractivity contribution is -0.125. The van der Waals surface area contributed by atoms with E-state index >= 15 is 0 Å². The first-order valence-electron chi connectivity index (χ1n) is 12.1. The van der Waals surface area contributed by atoms with Crippen molar-refractivity contribution < 1.29 is 13.9 Å². The molecule has 0 radical (unpaired) electrons. The highest BCUT2D eigenvalue weighted by Crippen LogP contribution is 2.32. The Morgan fingerprint density at radius 3 is 2.58 bits per heavy atom. The van der Waals surface area contributed by atoms with E-state index in [0.29, 0.717) is 18.9 Å². The van der Waals surface area contributed by atoms with Crippen LogP contribution in [0, 0.1) is 25.6 Å². The summed E-state index contributed by atoms with van der Waals surface area (Å²) in [5, 5.41) is 17.8. The topological polar surface area (TPSA) is 85.2 Å². The van der Waals surface area contributed by atoms with Crippen molar-refractivity contribution in [1.82, 2.24) is 25.3 Å². The minimum Gasteiger partial charge on any atom is -0.497 e. The predicted molar refractivity (Wildman–Crippen MR) is 136 cm³/mol. The molecule has 1 aliphatic heterocycles. The largest absolute Gasteiger partial charge is 0.497 e. The Morgan fingerprint density at radius 2 is 1.86 bits per heavy atom. The molecule has 1 N–H and O–H groups in total. The number of ether oxygens (including phenoxy) is 1. The molecule has 1 amide bonds. The highest BCUT2D eigenvalue weighted by molar-refractivity contribution is 5.92. The van der Waals surface area contributed by atoms with Crippen molar-refractivity contribution in [2.24, 2.45) is 5.92 Å². The average Bonchev–Trinajstić information content (AvgIpc) is 3.26. The van der Waals surface area contributed by atoms with Crippen molar-refractivity contribution in [1.29, 1.82) is 0 Å². The molecule has 36 heavy (non-hydrogen) atoms. The van der Waals surface area contributed by atoms with Gasteiger partial charge in [-0.15, -0.1) is 5.10 Å². The smallest absolute Gasteiger partial charge is 0.225 e. The molecule has 186 valence electrons. The van der Waals surface area contributed by atoms with E-state index < -0.39 is 0 Å². The van der Waals surface area contributed by atoms with Crippen LogP contribution in [0.3, 0.4) is 0 Å². The number of aryl methyl sites for hydroxylation is 2. The first-order chi connectivity index (χ1) is 17.4. The Bertz CT molecular complexity index is 1380. The first kappa shape index (κ1) is 23.7. The van der Waals surface area contributed by atoms with E-state index in [2.05, 4.69) is 20.4 Å². The lowest BCUT2D eigenvalue weighted by atomic mass is 9.97. The molecule has 0 unspecified atom stereocenters. The van der Waals surface area contributed by atoms with Gasteiger partial charge in [0.2, 0.25) is 5.91 Å². The number of nitrogens with one attached hydrogen (secondary N) is 1. The first-order valence-corrected chi connectivity index (χ1v) is 12.1. The molecular weight excluding hydrogens is 459 g/mol. The number of rotatable bonds is 6. The summed E-state index contributed by atoms with van der Waals surface area (Å²) in [5.74, 6) is 0.998. The molecule has 2 aromatic carbocycles. The van der Waals surface area contributed by atoms with E-state index in [1.807, 2.05) is 42.8 Å². The van der Waals surface area contributed by atoms with Gasteiger partial charge in [-0.3, -0.25) is 4.79 Å². The van der Waals surface area contributed by atoms with Crippen LogP contribution in [0.2, 0.25) is 0 Å². The molecule has 8 nitrogen and oxygen atoms in total. The number of nitrogens with zero attached hydrogens (tertiary/aromatic N) is 5. The lowest BCUT2D eigenvalue weighted by Crippen LogP contribution is -2.43. The molecule has 0 aliphatic carbocycles. The third kappa shape index (κ3) is 4.60. The van der Waals surface area contributed by atoms with Crippen molar-refractivity contribution in [3.05, 3.63) is 71.3 Å². The molecule has 0 saturated carbocycles. The maximum Gasteiger partial charge on any atom is 0.225 e. The van der Waals surface area contributed by atoms with Crippen molar-refractivity contribution >= 4 is 22.6 Å². The number of hydrogen-bond donors (Lipinski definition) is 1. The van der Waals surface area contributed by atoms with Crippen LogP contribution in [-0.4, -0.2) is 46.1 Å². The molecule has 1 fully saturated rings. The van der Waals surface area contributed by atoms with Crippen LogP contribution in [0.15, 0.2) is 48.5 Å². The van der Waals surface area contributed by atoms with Gasteiger partial charge in [0.25, 0.3) is 0 Å². The van der Waals surface area contributed by atoms with Crippen LogP contribution in [-0.2, 0) is 11.3 Å². The summed E-state index contributed by atoms with van der Waals surface area (Å²) in [5.41, 5.74) is 4.36. The highest BCUT2D eigenvalue weighted by atomic mass is 19.1. The van der Waals surface area contributed by atoms with Crippen LogP contribution in [0.25, 0.3) is 16.6 Å². The molecular formula is C27H29FN6O2. The average molecular weight is 489 g/mol. The summed E-state index contributed by atoms with van der Waals surface area (Å²) >= 11 is 0. The zero-order valence-corrected chi connectivity index (χ0v) is 20.7. The van der Waals surface area contributed by atoms with E-state index in [0.717, 1.165) is 58.7 Å². The second-order valence-corrected chi connectivity index (χ2v) is 9.16. The normalized spacial score (nSPS) is 15.8. The van der Waals surface area contributed by atoms with Gasteiger partial charge in [0.05, 0.1) is 35.5 Å². The molecule has 3 heterocycles. The van der Waals surface area contributed by atoms with Gasteiger partial charge in [0, 0.05) is 19.6 Å². The number of fused-ring (bicyclic) bond motifs is 1. The molecule has 2 aromatic heterocycles. The second-order valence-electron chi connectivity index (χ2n) is 9.16. The molecule has 0 bridgehead atoms. The summed E-state index contributed by atoms with van der Waals surface area (Å²) in [4.78, 5) is 15.1. The second kappa shape index (κ2) is 9.93. The standard InChI is InChI=1S/C27H29FN6O2/c1-17-24-18(2)34(22-10-12-23(36-3)13-11-22)32-25(24)26(31-30-17)33-14-4-5-20(16-33)27(35)29-15-19-6-8-21(28)9-7-19/h6-13,20H,4-5,14-16H2,1-3H3,(H,29,35)/t20-/m1/s1. The number of anilines is 1. The zero-order chi connectivity index (χ0) is 25.2. The summed E-state index contributed by atoms with van der Waals surface area (Å²) in [6.45, 7) is 5.66. The third-order valence-corrected chi connectivity index (χ3v) is 6.77. The van der Waals surface area contributed by atoms with E-state index in [4.69, 9.17) is 9.84 Å². The van der Waals surface area contributed by atoms with E-state index in [1.165, 1.54) is 12.1 Å². The monoisotopic (exact) mass is 488 g/mol. The predicted octanol–water partition coefficient (Wildman–Crippen LogP) is 4.11. The zero-order valence-electron chi connectivity index (χ0n) is 20.7. The molecule has 1 aliphatic rings. The van der Waals surface area contributed by atoms with Crippen LogP contribution in [0.4, 0.5) is 10.2 Å². The number of methoxy groups -OCH3 is 1. The fourth-order valence-electron chi connectivity index (χ4n) is 4.82. The number of carbonyl (C=O) groups is 1. The molecule has 1 atom stereocenters. The van der Waals surface area contributed by atoms with Crippen molar-refractivity contribution in [2.75, 3.05) is 25.1 Å². The van der Waals surface area contributed by atoms with E-state index in [-0.39, 0.29) is 17.6 Å². The van der Waals surface area contributed by atoms with Crippen LogP contribution in [0.5, 0.6) is 5.75 Å². The molecule has 0 spiro atoms. The Labute approximate surface area is 209 Å². The number of piperidine rings is 1. The minimum atomic E-state index is -0.289. The van der Waals surface area contributed by atoms with Gasteiger partial charge in [0.1, 0.15) is 17.1 Å². The van der Waals surface area contributed by atoms with Gasteiger partial charge in [-0.2, -0.15) is 10.2 Å². The van der Waals surface area contributed by atoms with Gasteiger partial charge in [-0.05, 0) is 68.7 Å². The van der Waals surface area contributed by atoms with Gasteiger partial charge in [0.15, 0.2) is 5.82 Å². The summed E-state index contributed by atoms with van der Waals surface area (Å²) in [6, 6.07) is 13.9. The maximum absolute atomic E-state index is 13.2. The highest BCUT2D eigenvalue weighted by Gasteiger charge is 2.29. The number of hydrogen-bond acceptors (Lipinski definition) is 6. The van der Waals surface area contributed by atoms with Gasteiger partial charge < -0.3 is 15.0 Å². The number of halogens is 1. The van der Waals surface area contributed by atoms with E-state index in [1.54, 1.807) is 19.2 Å². The Kier molecular flexibility index (Phi) is 6.54. The fraction of sp³-hybridized carbons (Fsp3) is 0.333. The number of benzene rings is 2. The Balaban J connectivity index is 1.38. The number of amides is 1. The molecule has 5 rings (SSSR count).